The van der Waals surface area contributed by atoms with Crippen molar-refractivity contribution in [1.82, 2.24) is 9.80 Å². The third-order valence-electron chi connectivity index (χ3n) is 3.51. The Bertz CT molecular complexity index is 482. The molecule has 0 spiro atoms. The Kier molecular flexibility index (Phi) is 13.8. The van der Waals surface area contributed by atoms with Crippen LogP contribution in [-0.4, -0.2) is 86.5 Å². The van der Waals surface area contributed by atoms with Gasteiger partial charge in [-0.3, -0.25) is 0 Å². The second-order valence-corrected chi connectivity index (χ2v) is 5.24. The number of carbonyl (C=O) groups is 4. The average Bonchev–Trinajstić information content (AvgIpc) is 2.68. The number of amides is 2. The van der Waals surface area contributed by atoms with Crippen molar-refractivity contribution in [1.29, 1.82) is 0 Å². The van der Waals surface area contributed by atoms with Gasteiger partial charge in [-0.05, 0) is 27.7 Å². The molecule has 0 bridgehead atoms. The van der Waals surface area contributed by atoms with Crippen LogP contribution in [0.2, 0.25) is 0 Å². The third kappa shape index (κ3) is 11.0. The molecule has 10 heteroatoms. The summed E-state index contributed by atoms with van der Waals surface area (Å²) in [4.78, 5) is 49.0. The SMILES string of the molecule is CCN(CC)C(=O)OCCOC(=O)/C=C/C(=O)OCCOC(=O)N(CC)CC. The van der Waals surface area contributed by atoms with Gasteiger partial charge in [0.25, 0.3) is 0 Å². The van der Waals surface area contributed by atoms with E-state index in [9.17, 15) is 19.2 Å². The first-order valence-corrected chi connectivity index (χ1v) is 9.24. The molecule has 0 aliphatic carbocycles. The molecule has 0 aromatic rings. The van der Waals surface area contributed by atoms with Crippen LogP contribution >= 0.6 is 0 Å². The quantitative estimate of drug-likeness (QED) is 0.209. The van der Waals surface area contributed by atoms with Crippen LogP contribution in [0.5, 0.6) is 0 Å². The summed E-state index contributed by atoms with van der Waals surface area (Å²) in [7, 11) is 0. The number of ether oxygens (including phenoxy) is 4. The van der Waals surface area contributed by atoms with Gasteiger partial charge >= 0.3 is 24.1 Å². The van der Waals surface area contributed by atoms with Gasteiger partial charge in [0.05, 0.1) is 0 Å². The summed E-state index contributed by atoms with van der Waals surface area (Å²) < 4.78 is 19.4. The van der Waals surface area contributed by atoms with Crippen LogP contribution in [0.3, 0.4) is 0 Å². The van der Waals surface area contributed by atoms with Crippen LogP contribution < -0.4 is 0 Å². The Balaban J connectivity index is 3.92. The molecule has 0 aromatic carbocycles. The van der Waals surface area contributed by atoms with Crippen molar-refractivity contribution < 1.29 is 38.1 Å². The van der Waals surface area contributed by atoms with E-state index in [0.29, 0.717) is 26.2 Å². The van der Waals surface area contributed by atoms with E-state index in [1.165, 1.54) is 9.80 Å². The van der Waals surface area contributed by atoms with Gasteiger partial charge in [-0.1, -0.05) is 0 Å². The molecule has 160 valence electrons. The number of nitrogens with zero attached hydrogens (tertiary/aromatic N) is 2. The van der Waals surface area contributed by atoms with Crippen molar-refractivity contribution >= 4 is 24.1 Å². The van der Waals surface area contributed by atoms with Crippen molar-refractivity contribution in [3.8, 4) is 0 Å². The highest BCUT2D eigenvalue weighted by molar-refractivity contribution is 5.91. The lowest BCUT2D eigenvalue weighted by atomic mass is 10.5. The maximum atomic E-state index is 11.6. The van der Waals surface area contributed by atoms with Crippen LogP contribution in [0.1, 0.15) is 27.7 Å². The molecule has 0 unspecified atom stereocenters. The van der Waals surface area contributed by atoms with Gasteiger partial charge in [-0.2, -0.15) is 0 Å². The molecule has 0 radical (unpaired) electrons. The van der Waals surface area contributed by atoms with Crippen LogP contribution in [-0.2, 0) is 28.5 Å². The predicted octanol–water partition coefficient (Wildman–Crippen LogP) is 1.59. The molecule has 10 nitrogen and oxygen atoms in total. The Morgan fingerprint density at radius 2 is 0.857 bits per heavy atom. The average molecular weight is 402 g/mol. The van der Waals surface area contributed by atoms with Crippen LogP contribution in [0, 0.1) is 0 Å². The number of rotatable bonds is 12. The van der Waals surface area contributed by atoms with Crippen LogP contribution in [0.15, 0.2) is 12.2 Å². The zero-order valence-corrected chi connectivity index (χ0v) is 17.0. The fourth-order valence-electron chi connectivity index (χ4n) is 1.92. The van der Waals surface area contributed by atoms with Crippen molar-refractivity contribution in [3.63, 3.8) is 0 Å². The summed E-state index contributed by atoms with van der Waals surface area (Å²) in [6.45, 7) is 8.95. The van der Waals surface area contributed by atoms with E-state index in [-0.39, 0.29) is 26.4 Å². The smallest absolute Gasteiger partial charge is 0.409 e. The first-order chi connectivity index (χ1) is 13.4. The summed E-state index contributed by atoms with van der Waals surface area (Å²) in [5.74, 6) is -1.55. The molecule has 0 heterocycles. The van der Waals surface area contributed by atoms with E-state index in [1.54, 1.807) is 0 Å². The Hall–Kier alpha value is -2.78. The first kappa shape index (κ1) is 25.2. The molecular formula is C18H30N2O8. The number of esters is 2. The molecule has 0 fully saturated rings. The van der Waals surface area contributed by atoms with E-state index in [4.69, 9.17) is 18.9 Å². The van der Waals surface area contributed by atoms with Crippen molar-refractivity contribution in [2.75, 3.05) is 52.6 Å². The minimum absolute atomic E-state index is 0.0860. The Labute approximate surface area is 165 Å². The maximum absolute atomic E-state index is 11.6. The number of hydrogen-bond donors (Lipinski definition) is 0. The standard InChI is InChI=1S/C18H30N2O8/c1-5-19(6-2)17(23)27-13-11-25-15(21)9-10-16(22)26-12-14-28-18(24)20(7-3)8-4/h9-10H,5-8,11-14H2,1-4H3/b10-9+. The number of hydrogen-bond acceptors (Lipinski definition) is 8. The lowest BCUT2D eigenvalue weighted by molar-refractivity contribution is -0.141. The highest BCUT2D eigenvalue weighted by Crippen LogP contribution is 1.95. The summed E-state index contributed by atoms with van der Waals surface area (Å²) in [5, 5.41) is 0. The molecular weight excluding hydrogens is 372 g/mol. The Morgan fingerprint density at radius 1 is 0.571 bits per heavy atom. The topological polar surface area (TPSA) is 112 Å². The van der Waals surface area contributed by atoms with E-state index in [2.05, 4.69) is 0 Å². The fourth-order valence-corrected chi connectivity index (χ4v) is 1.92. The zero-order chi connectivity index (χ0) is 21.4. The van der Waals surface area contributed by atoms with Gasteiger partial charge < -0.3 is 28.7 Å². The highest BCUT2D eigenvalue weighted by atomic mass is 16.6. The van der Waals surface area contributed by atoms with Gasteiger partial charge in [0.15, 0.2) is 0 Å². The molecule has 0 aromatic heterocycles. The predicted molar refractivity (Wildman–Crippen MR) is 99.6 cm³/mol. The van der Waals surface area contributed by atoms with E-state index >= 15 is 0 Å². The van der Waals surface area contributed by atoms with Crippen LogP contribution in [0.4, 0.5) is 9.59 Å². The summed E-state index contributed by atoms with van der Waals surface area (Å²) in [5.41, 5.74) is 0. The van der Waals surface area contributed by atoms with E-state index in [1.807, 2.05) is 27.7 Å². The first-order valence-electron chi connectivity index (χ1n) is 9.24. The third-order valence-corrected chi connectivity index (χ3v) is 3.51. The second kappa shape index (κ2) is 15.3. The van der Waals surface area contributed by atoms with Gasteiger partial charge in [0, 0.05) is 38.3 Å². The largest absolute Gasteiger partial charge is 0.459 e. The molecule has 0 aliphatic rings. The highest BCUT2D eigenvalue weighted by Gasteiger charge is 2.11. The zero-order valence-electron chi connectivity index (χ0n) is 17.0. The van der Waals surface area contributed by atoms with Gasteiger partial charge in [0.1, 0.15) is 26.4 Å². The molecule has 0 saturated heterocycles. The molecule has 0 rings (SSSR count). The lowest BCUT2D eigenvalue weighted by Crippen LogP contribution is -2.32. The normalized spacial score (nSPS) is 10.3. The fraction of sp³-hybridized carbons (Fsp3) is 0.667. The molecule has 0 saturated carbocycles. The van der Waals surface area contributed by atoms with Gasteiger partial charge in [0.2, 0.25) is 0 Å². The Morgan fingerprint density at radius 3 is 1.14 bits per heavy atom. The minimum atomic E-state index is -0.774. The summed E-state index contributed by atoms with van der Waals surface area (Å²) in [6.07, 6.45) is 0.830. The minimum Gasteiger partial charge on any atom is -0.459 e. The van der Waals surface area contributed by atoms with E-state index < -0.39 is 24.1 Å². The molecule has 2 amide bonds. The lowest BCUT2D eigenvalue weighted by Gasteiger charge is -2.17. The van der Waals surface area contributed by atoms with Crippen molar-refractivity contribution in [3.05, 3.63) is 12.2 Å². The van der Waals surface area contributed by atoms with Crippen molar-refractivity contribution in [2.45, 2.75) is 27.7 Å². The van der Waals surface area contributed by atoms with E-state index in [0.717, 1.165) is 12.2 Å². The number of carbonyl (C=O) groups excluding carboxylic acids is 4. The monoisotopic (exact) mass is 402 g/mol. The molecule has 0 atom stereocenters. The molecule has 28 heavy (non-hydrogen) atoms. The second-order valence-electron chi connectivity index (χ2n) is 5.24. The molecule has 0 N–H and O–H groups in total. The summed E-state index contributed by atoms with van der Waals surface area (Å²) >= 11 is 0. The molecule has 0 aliphatic heterocycles. The van der Waals surface area contributed by atoms with Gasteiger partial charge in [-0.25, -0.2) is 19.2 Å². The van der Waals surface area contributed by atoms with Gasteiger partial charge in [-0.15, -0.1) is 0 Å². The van der Waals surface area contributed by atoms with Crippen molar-refractivity contribution in [2.24, 2.45) is 0 Å². The summed E-state index contributed by atoms with van der Waals surface area (Å²) in [6, 6.07) is 0. The maximum Gasteiger partial charge on any atom is 0.409 e. The van der Waals surface area contributed by atoms with Crippen LogP contribution in [0.25, 0.3) is 0 Å².